The summed E-state index contributed by atoms with van der Waals surface area (Å²) < 4.78 is 1.95. The maximum Gasteiger partial charge on any atom is 0.128 e. The summed E-state index contributed by atoms with van der Waals surface area (Å²) in [7, 11) is 0. The first-order chi connectivity index (χ1) is 6.76. The summed E-state index contributed by atoms with van der Waals surface area (Å²) in [6.07, 6.45) is 2.86. The number of fused-ring (bicyclic) bond motifs is 1. The van der Waals surface area contributed by atoms with E-state index < -0.39 is 0 Å². The highest BCUT2D eigenvalue weighted by atomic mass is 16.3. The van der Waals surface area contributed by atoms with Crippen molar-refractivity contribution in [1.29, 1.82) is 0 Å². The number of aliphatic hydroxyl groups excluding tert-OH is 1. The molecule has 1 aromatic heterocycles. The molecule has 2 rings (SSSR count). The number of rotatable bonds is 2. The Balaban J connectivity index is 2.37. The Hall–Kier alpha value is -1.03. The van der Waals surface area contributed by atoms with Gasteiger partial charge in [-0.1, -0.05) is 0 Å². The number of nitrogens with one attached hydrogen (secondary N) is 1. The Labute approximate surface area is 83.9 Å². The Morgan fingerprint density at radius 2 is 2.50 bits per heavy atom. The average Bonchev–Trinajstić information content (AvgIpc) is 2.59. The highest BCUT2D eigenvalue weighted by Crippen LogP contribution is 2.33. The van der Waals surface area contributed by atoms with Gasteiger partial charge >= 0.3 is 0 Å². The van der Waals surface area contributed by atoms with Crippen molar-refractivity contribution in [3.63, 3.8) is 0 Å². The molecule has 4 nitrogen and oxygen atoms in total. The van der Waals surface area contributed by atoms with Crippen molar-refractivity contribution in [2.24, 2.45) is 0 Å². The Morgan fingerprint density at radius 1 is 1.71 bits per heavy atom. The van der Waals surface area contributed by atoms with Gasteiger partial charge in [-0.2, -0.15) is 5.10 Å². The van der Waals surface area contributed by atoms with Gasteiger partial charge in [0.15, 0.2) is 0 Å². The van der Waals surface area contributed by atoms with Gasteiger partial charge in [0.1, 0.15) is 5.82 Å². The average molecular weight is 195 g/mol. The minimum Gasteiger partial charge on any atom is -0.396 e. The normalized spacial score (nSPS) is 25.6. The van der Waals surface area contributed by atoms with Crippen molar-refractivity contribution < 1.29 is 5.11 Å². The molecule has 0 bridgehead atoms. The molecule has 2 heterocycles. The fourth-order valence-corrected chi connectivity index (χ4v) is 2.12. The molecule has 0 radical (unpaired) electrons. The molecular formula is C10H17N3O. The molecule has 0 unspecified atom stereocenters. The minimum atomic E-state index is 0.217. The first kappa shape index (κ1) is 9.52. The zero-order chi connectivity index (χ0) is 10.1. The van der Waals surface area contributed by atoms with E-state index in [9.17, 15) is 5.11 Å². The molecule has 1 aromatic rings. The molecule has 78 valence electrons. The predicted molar refractivity (Wildman–Crippen MR) is 55.4 cm³/mol. The van der Waals surface area contributed by atoms with Crippen LogP contribution in [-0.2, 0) is 6.54 Å². The second-order valence-corrected chi connectivity index (χ2v) is 3.92. The molecule has 0 amide bonds. The number of aryl methyl sites for hydroxylation is 1. The Bertz CT molecular complexity index is 321. The molecule has 4 heteroatoms. The van der Waals surface area contributed by atoms with Gasteiger partial charge in [0.05, 0.1) is 12.8 Å². The lowest BCUT2D eigenvalue weighted by Crippen LogP contribution is -2.27. The van der Waals surface area contributed by atoms with Crippen molar-refractivity contribution in [3.8, 4) is 0 Å². The third kappa shape index (κ3) is 1.39. The van der Waals surface area contributed by atoms with E-state index in [1.165, 1.54) is 0 Å². The van der Waals surface area contributed by atoms with Crippen LogP contribution < -0.4 is 5.32 Å². The number of nitrogens with zero attached hydrogens (tertiary/aromatic N) is 2. The third-order valence-electron chi connectivity index (χ3n) is 2.85. The van der Waals surface area contributed by atoms with Gasteiger partial charge in [0.25, 0.3) is 0 Å². The second-order valence-electron chi connectivity index (χ2n) is 3.92. The van der Waals surface area contributed by atoms with Gasteiger partial charge in [-0.3, -0.25) is 0 Å². The molecule has 2 atom stereocenters. The van der Waals surface area contributed by atoms with Crippen LogP contribution in [0.25, 0.3) is 0 Å². The molecule has 0 saturated heterocycles. The van der Waals surface area contributed by atoms with Crippen LogP contribution in [0.2, 0.25) is 0 Å². The fourth-order valence-electron chi connectivity index (χ4n) is 2.12. The van der Waals surface area contributed by atoms with Crippen LogP contribution in [0.1, 0.15) is 31.7 Å². The number of hydrogen-bond acceptors (Lipinski definition) is 3. The van der Waals surface area contributed by atoms with Gasteiger partial charge < -0.3 is 10.4 Å². The summed E-state index contributed by atoms with van der Waals surface area (Å²) in [5.41, 5.74) is 1.16. The van der Waals surface area contributed by atoms with Crippen LogP contribution >= 0.6 is 0 Å². The molecule has 2 N–H and O–H groups in total. The number of hydrogen-bond donors (Lipinski definition) is 2. The van der Waals surface area contributed by atoms with Crippen molar-refractivity contribution >= 4 is 5.82 Å². The fraction of sp³-hybridized carbons (Fsp3) is 0.700. The van der Waals surface area contributed by atoms with E-state index in [0.29, 0.717) is 6.04 Å². The summed E-state index contributed by atoms with van der Waals surface area (Å²) in [5.74, 6) is 1.34. The van der Waals surface area contributed by atoms with Crippen LogP contribution in [0, 0.1) is 0 Å². The molecule has 14 heavy (non-hydrogen) atoms. The molecule has 0 saturated carbocycles. The highest BCUT2D eigenvalue weighted by molar-refractivity contribution is 5.49. The number of anilines is 1. The first-order valence-corrected chi connectivity index (χ1v) is 5.19. The van der Waals surface area contributed by atoms with E-state index in [4.69, 9.17) is 0 Å². The maximum atomic E-state index is 9.27. The van der Waals surface area contributed by atoms with Gasteiger partial charge in [-0.25, -0.2) is 4.68 Å². The van der Waals surface area contributed by atoms with Gasteiger partial charge in [-0.15, -0.1) is 0 Å². The standard InChI is InChI=1S/C10H17N3O/c1-3-13-10-9(5-11-13)8(6-14)4-7(2)12-10/h5,7-8,12,14H,3-4,6H2,1-2H3/t7-,8+/m0/s1. The van der Waals surface area contributed by atoms with Gasteiger partial charge in [0.2, 0.25) is 0 Å². The molecule has 1 aliphatic rings. The van der Waals surface area contributed by atoms with Crippen LogP contribution in [0.15, 0.2) is 6.20 Å². The molecule has 0 fully saturated rings. The molecule has 0 aromatic carbocycles. The number of aliphatic hydroxyl groups is 1. The van der Waals surface area contributed by atoms with Crippen LogP contribution in [0.4, 0.5) is 5.82 Å². The van der Waals surface area contributed by atoms with E-state index in [-0.39, 0.29) is 12.5 Å². The lowest BCUT2D eigenvalue weighted by molar-refractivity contribution is 0.253. The van der Waals surface area contributed by atoms with E-state index in [0.717, 1.165) is 24.3 Å². The maximum absolute atomic E-state index is 9.27. The van der Waals surface area contributed by atoms with Crippen molar-refractivity contribution in [2.45, 2.75) is 38.8 Å². The largest absolute Gasteiger partial charge is 0.396 e. The summed E-state index contributed by atoms with van der Waals surface area (Å²) in [5, 5.41) is 17.0. The number of aromatic nitrogens is 2. The molecular weight excluding hydrogens is 178 g/mol. The summed E-state index contributed by atoms with van der Waals surface area (Å²) in [6, 6.07) is 0.418. The predicted octanol–water partition coefficient (Wildman–Crippen LogP) is 1.18. The van der Waals surface area contributed by atoms with E-state index in [1.54, 1.807) is 0 Å². The Morgan fingerprint density at radius 3 is 3.14 bits per heavy atom. The lowest BCUT2D eigenvalue weighted by Gasteiger charge is -2.28. The lowest BCUT2D eigenvalue weighted by atomic mass is 9.91. The monoisotopic (exact) mass is 195 g/mol. The summed E-state index contributed by atoms with van der Waals surface area (Å²) in [6.45, 7) is 5.29. The quantitative estimate of drug-likeness (QED) is 0.745. The summed E-state index contributed by atoms with van der Waals surface area (Å²) >= 11 is 0. The topological polar surface area (TPSA) is 50.1 Å². The van der Waals surface area contributed by atoms with Crippen molar-refractivity contribution in [2.75, 3.05) is 11.9 Å². The molecule has 0 aliphatic carbocycles. The van der Waals surface area contributed by atoms with Gasteiger partial charge in [0, 0.05) is 24.1 Å². The van der Waals surface area contributed by atoms with E-state index in [2.05, 4.69) is 24.3 Å². The third-order valence-corrected chi connectivity index (χ3v) is 2.85. The highest BCUT2D eigenvalue weighted by Gasteiger charge is 2.26. The van der Waals surface area contributed by atoms with Gasteiger partial charge in [-0.05, 0) is 20.3 Å². The SMILES string of the molecule is CCn1ncc2c1N[C@@H](C)C[C@@H]2CO. The molecule has 0 spiro atoms. The van der Waals surface area contributed by atoms with E-state index in [1.807, 2.05) is 10.9 Å². The summed E-state index contributed by atoms with van der Waals surface area (Å²) in [4.78, 5) is 0. The van der Waals surface area contributed by atoms with Crippen LogP contribution in [0.3, 0.4) is 0 Å². The first-order valence-electron chi connectivity index (χ1n) is 5.19. The van der Waals surface area contributed by atoms with Crippen LogP contribution in [-0.4, -0.2) is 27.5 Å². The van der Waals surface area contributed by atoms with Crippen molar-refractivity contribution in [1.82, 2.24) is 9.78 Å². The zero-order valence-corrected chi connectivity index (χ0v) is 8.70. The zero-order valence-electron chi connectivity index (χ0n) is 8.70. The smallest absolute Gasteiger partial charge is 0.128 e. The molecule has 1 aliphatic heterocycles. The van der Waals surface area contributed by atoms with Crippen molar-refractivity contribution in [3.05, 3.63) is 11.8 Å². The second kappa shape index (κ2) is 3.61. The van der Waals surface area contributed by atoms with E-state index >= 15 is 0 Å². The minimum absolute atomic E-state index is 0.217. The van der Waals surface area contributed by atoms with Crippen LogP contribution in [0.5, 0.6) is 0 Å². The Kier molecular flexibility index (Phi) is 2.46.